The van der Waals surface area contributed by atoms with Gasteiger partial charge in [-0.2, -0.15) is 4.98 Å². The van der Waals surface area contributed by atoms with Crippen molar-refractivity contribution in [2.75, 3.05) is 24.3 Å². The molecule has 124 valence electrons. The van der Waals surface area contributed by atoms with Gasteiger partial charge in [0.1, 0.15) is 11.5 Å². The van der Waals surface area contributed by atoms with Crippen LogP contribution in [-0.2, 0) is 6.54 Å². The summed E-state index contributed by atoms with van der Waals surface area (Å²) in [4.78, 5) is 10.7. The van der Waals surface area contributed by atoms with E-state index >= 15 is 0 Å². The van der Waals surface area contributed by atoms with Gasteiger partial charge in [-0.15, -0.1) is 0 Å². The molecule has 2 aromatic heterocycles. The zero-order valence-corrected chi connectivity index (χ0v) is 14.5. The number of nitrogens with one attached hydrogen (secondary N) is 1. The van der Waals surface area contributed by atoms with Gasteiger partial charge in [0.25, 0.3) is 0 Å². The van der Waals surface area contributed by atoms with E-state index in [1.807, 2.05) is 56.3 Å². The number of hydrogen-bond donors (Lipinski definition) is 1. The Hall–Kier alpha value is -2.60. The first-order chi connectivity index (χ1) is 11.5. The molecule has 0 fully saturated rings. The van der Waals surface area contributed by atoms with Crippen molar-refractivity contribution in [3.8, 4) is 11.3 Å². The van der Waals surface area contributed by atoms with E-state index in [0.29, 0.717) is 23.3 Å². The minimum Gasteiger partial charge on any atom is -0.362 e. The van der Waals surface area contributed by atoms with E-state index in [2.05, 4.69) is 20.4 Å². The SMILES string of the molecule is Cc1cnc(NCc2cc(-c3ccccc3Cl)on2)nc1N(C)C. The molecule has 0 bridgehead atoms. The van der Waals surface area contributed by atoms with Gasteiger partial charge in [-0.3, -0.25) is 0 Å². The lowest BCUT2D eigenvalue weighted by atomic mass is 10.1. The zero-order chi connectivity index (χ0) is 17.1. The number of aromatic nitrogens is 3. The van der Waals surface area contributed by atoms with Gasteiger partial charge in [-0.1, -0.05) is 28.9 Å². The average molecular weight is 344 g/mol. The molecular formula is C17H18ClN5O. The van der Waals surface area contributed by atoms with Crippen molar-refractivity contribution in [1.29, 1.82) is 0 Å². The number of aryl methyl sites for hydroxylation is 1. The van der Waals surface area contributed by atoms with E-state index in [1.54, 1.807) is 6.20 Å². The topological polar surface area (TPSA) is 67.1 Å². The van der Waals surface area contributed by atoms with Crippen molar-refractivity contribution in [3.05, 3.63) is 52.8 Å². The monoisotopic (exact) mass is 343 g/mol. The predicted molar refractivity (Wildman–Crippen MR) is 95.4 cm³/mol. The molecule has 7 heteroatoms. The molecule has 0 spiro atoms. The molecule has 1 N–H and O–H groups in total. The highest BCUT2D eigenvalue weighted by Crippen LogP contribution is 2.28. The third kappa shape index (κ3) is 3.49. The molecular weight excluding hydrogens is 326 g/mol. The van der Waals surface area contributed by atoms with Gasteiger partial charge < -0.3 is 14.7 Å². The molecule has 0 atom stereocenters. The van der Waals surface area contributed by atoms with Crippen LogP contribution < -0.4 is 10.2 Å². The van der Waals surface area contributed by atoms with Crippen molar-refractivity contribution >= 4 is 23.4 Å². The van der Waals surface area contributed by atoms with E-state index in [0.717, 1.165) is 22.6 Å². The Labute approximate surface area is 145 Å². The van der Waals surface area contributed by atoms with E-state index in [-0.39, 0.29) is 0 Å². The summed E-state index contributed by atoms with van der Waals surface area (Å²) in [6.07, 6.45) is 1.79. The Morgan fingerprint density at radius 3 is 2.79 bits per heavy atom. The number of rotatable bonds is 5. The van der Waals surface area contributed by atoms with Gasteiger partial charge in [-0.25, -0.2) is 4.98 Å². The van der Waals surface area contributed by atoms with E-state index in [4.69, 9.17) is 16.1 Å². The molecule has 3 aromatic rings. The molecule has 3 rings (SSSR count). The highest BCUT2D eigenvalue weighted by molar-refractivity contribution is 6.33. The van der Waals surface area contributed by atoms with Gasteiger partial charge >= 0.3 is 0 Å². The molecule has 0 radical (unpaired) electrons. The Morgan fingerprint density at radius 1 is 1.25 bits per heavy atom. The van der Waals surface area contributed by atoms with Crippen LogP contribution in [0.5, 0.6) is 0 Å². The summed E-state index contributed by atoms with van der Waals surface area (Å²) >= 11 is 6.17. The summed E-state index contributed by atoms with van der Waals surface area (Å²) in [5.74, 6) is 2.06. The van der Waals surface area contributed by atoms with Crippen LogP contribution in [0, 0.1) is 6.92 Å². The van der Waals surface area contributed by atoms with Crippen molar-refractivity contribution < 1.29 is 4.52 Å². The number of hydrogen-bond acceptors (Lipinski definition) is 6. The number of benzene rings is 1. The Kier molecular flexibility index (Phi) is 4.66. The van der Waals surface area contributed by atoms with E-state index in [1.165, 1.54) is 0 Å². The maximum atomic E-state index is 6.17. The van der Waals surface area contributed by atoms with Crippen LogP contribution in [0.1, 0.15) is 11.3 Å². The van der Waals surface area contributed by atoms with Crippen LogP contribution in [0.2, 0.25) is 5.02 Å². The molecule has 6 nitrogen and oxygen atoms in total. The average Bonchev–Trinajstić information content (AvgIpc) is 3.03. The second-order valence-electron chi connectivity index (χ2n) is 5.61. The van der Waals surface area contributed by atoms with Gasteiger partial charge in [0.15, 0.2) is 5.76 Å². The standard InChI is InChI=1S/C17H18ClN5O/c1-11-9-19-17(21-16(11)23(2)3)20-10-12-8-15(24-22-12)13-6-4-5-7-14(13)18/h4-9H,10H2,1-3H3,(H,19,20,21). The summed E-state index contributed by atoms with van der Waals surface area (Å²) in [6.45, 7) is 2.44. The largest absolute Gasteiger partial charge is 0.362 e. The molecule has 0 aliphatic rings. The number of halogens is 1. The minimum absolute atomic E-state index is 0.462. The van der Waals surface area contributed by atoms with Crippen molar-refractivity contribution in [2.45, 2.75) is 13.5 Å². The predicted octanol–water partition coefficient (Wildman–Crippen LogP) is 3.77. The fourth-order valence-corrected chi connectivity index (χ4v) is 2.55. The van der Waals surface area contributed by atoms with Crippen molar-refractivity contribution in [2.24, 2.45) is 0 Å². The van der Waals surface area contributed by atoms with E-state index < -0.39 is 0 Å². The summed E-state index contributed by atoms with van der Waals surface area (Å²) in [6, 6.07) is 9.36. The van der Waals surface area contributed by atoms with Gasteiger partial charge in [-0.05, 0) is 19.1 Å². The lowest BCUT2D eigenvalue weighted by molar-refractivity contribution is 0.424. The molecule has 0 saturated carbocycles. The molecule has 0 aliphatic carbocycles. The Morgan fingerprint density at radius 2 is 2.04 bits per heavy atom. The van der Waals surface area contributed by atoms with Gasteiger partial charge in [0.05, 0.1) is 11.6 Å². The smallest absolute Gasteiger partial charge is 0.224 e. The van der Waals surface area contributed by atoms with Crippen LogP contribution in [0.4, 0.5) is 11.8 Å². The Bertz CT molecular complexity index is 847. The first kappa shape index (κ1) is 16.3. The van der Waals surface area contributed by atoms with Crippen LogP contribution in [0.25, 0.3) is 11.3 Å². The highest BCUT2D eigenvalue weighted by Gasteiger charge is 2.11. The second-order valence-corrected chi connectivity index (χ2v) is 6.02. The lowest BCUT2D eigenvalue weighted by Gasteiger charge is -2.14. The first-order valence-corrected chi connectivity index (χ1v) is 7.87. The fraction of sp³-hybridized carbons (Fsp3) is 0.235. The normalized spacial score (nSPS) is 10.7. The summed E-state index contributed by atoms with van der Waals surface area (Å²) in [5, 5.41) is 7.85. The fourth-order valence-electron chi connectivity index (χ4n) is 2.32. The third-order valence-electron chi connectivity index (χ3n) is 3.49. The molecule has 0 aliphatic heterocycles. The highest BCUT2D eigenvalue weighted by atomic mass is 35.5. The molecule has 2 heterocycles. The van der Waals surface area contributed by atoms with Crippen molar-refractivity contribution in [1.82, 2.24) is 15.1 Å². The quantitative estimate of drug-likeness (QED) is 0.760. The second kappa shape index (κ2) is 6.88. The molecule has 0 amide bonds. The van der Waals surface area contributed by atoms with Crippen LogP contribution >= 0.6 is 11.6 Å². The first-order valence-electron chi connectivity index (χ1n) is 7.50. The summed E-state index contributed by atoms with van der Waals surface area (Å²) < 4.78 is 5.38. The number of anilines is 2. The van der Waals surface area contributed by atoms with E-state index in [9.17, 15) is 0 Å². The van der Waals surface area contributed by atoms with Crippen LogP contribution in [0.15, 0.2) is 41.1 Å². The number of nitrogens with zero attached hydrogens (tertiary/aromatic N) is 4. The van der Waals surface area contributed by atoms with Gasteiger partial charge in [0.2, 0.25) is 5.95 Å². The maximum Gasteiger partial charge on any atom is 0.224 e. The summed E-state index contributed by atoms with van der Waals surface area (Å²) in [7, 11) is 3.90. The van der Waals surface area contributed by atoms with Gasteiger partial charge in [0, 0.05) is 37.5 Å². The van der Waals surface area contributed by atoms with Crippen molar-refractivity contribution in [3.63, 3.8) is 0 Å². The molecule has 1 aromatic carbocycles. The minimum atomic E-state index is 0.462. The molecule has 0 saturated heterocycles. The molecule has 0 unspecified atom stereocenters. The maximum absolute atomic E-state index is 6.17. The van der Waals surface area contributed by atoms with Crippen LogP contribution in [0.3, 0.4) is 0 Å². The third-order valence-corrected chi connectivity index (χ3v) is 3.82. The summed E-state index contributed by atoms with van der Waals surface area (Å²) in [5.41, 5.74) is 2.59. The van der Waals surface area contributed by atoms with Crippen LogP contribution in [-0.4, -0.2) is 29.2 Å². The Balaban J connectivity index is 1.72. The lowest BCUT2D eigenvalue weighted by Crippen LogP contribution is -2.14. The molecule has 24 heavy (non-hydrogen) atoms. The zero-order valence-electron chi connectivity index (χ0n) is 13.7.